The molecule has 1 aliphatic rings. The van der Waals surface area contributed by atoms with Crippen LogP contribution in [0.3, 0.4) is 0 Å². The first-order valence-electron chi connectivity index (χ1n) is 5.38. The van der Waals surface area contributed by atoms with Crippen molar-refractivity contribution >= 4 is 5.84 Å². The smallest absolute Gasteiger partial charge is 0.0918 e. The van der Waals surface area contributed by atoms with Gasteiger partial charge < -0.3 is 15.7 Å². The van der Waals surface area contributed by atoms with E-state index in [-0.39, 0.29) is 5.84 Å². The number of piperidine rings is 1. The molecule has 1 saturated heterocycles. The number of hydrogen-bond donors (Lipinski definition) is 3. The Kier molecular flexibility index (Phi) is 4.90. The van der Waals surface area contributed by atoms with E-state index in [1.165, 1.54) is 12.8 Å². The molecular formula is C10H21N3O. The number of nitrogens with two attached hydrogens (primary N) is 1. The summed E-state index contributed by atoms with van der Waals surface area (Å²) in [4.78, 5) is 2.35. The maximum Gasteiger partial charge on any atom is 0.0918 e. The van der Waals surface area contributed by atoms with Gasteiger partial charge in [-0.3, -0.25) is 5.41 Å². The van der Waals surface area contributed by atoms with E-state index >= 15 is 0 Å². The number of aliphatic hydroxyl groups is 1. The van der Waals surface area contributed by atoms with Crippen LogP contribution < -0.4 is 5.73 Å². The quantitative estimate of drug-likeness (QED) is 0.443. The summed E-state index contributed by atoms with van der Waals surface area (Å²) in [5, 5.41) is 16.0. The molecule has 0 saturated carbocycles. The zero-order valence-corrected chi connectivity index (χ0v) is 8.71. The van der Waals surface area contributed by atoms with E-state index in [0.29, 0.717) is 18.9 Å². The van der Waals surface area contributed by atoms with Crippen molar-refractivity contribution in [2.45, 2.75) is 25.7 Å². The monoisotopic (exact) mass is 199 g/mol. The molecule has 0 radical (unpaired) electrons. The van der Waals surface area contributed by atoms with Crippen molar-refractivity contribution < 1.29 is 5.11 Å². The van der Waals surface area contributed by atoms with E-state index in [9.17, 15) is 0 Å². The summed E-state index contributed by atoms with van der Waals surface area (Å²) >= 11 is 0. The molecule has 0 aromatic rings. The summed E-state index contributed by atoms with van der Waals surface area (Å²) < 4.78 is 0. The predicted octanol–water partition coefficient (Wildman–Crippen LogP) is 0.407. The third-order valence-electron chi connectivity index (χ3n) is 2.84. The van der Waals surface area contributed by atoms with Crippen molar-refractivity contribution in [3.05, 3.63) is 0 Å². The van der Waals surface area contributed by atoms with Crippen LogP contribution in [0.4, 0.5) is 0 Å². The Morgan fingerprint density at radius 2 is 2.36 bits per heavy atom. The zero-order valence-electron chi connectivity index (χ0n) is 8.71. The highest BCUT2D eigenvalue weighted by Crippen LogP contribution is 2.18. The zero-order chi connectivity index (χ0) is 10.4. The summed E-state index contributed by atoms with van der Waals surface area (Å²) in [6, 6.07) is 0. The Morgan fingerprint density at radius 1 is 1.57 bits per heavy atom. The highest BCUT2D eigenvalue weighted by molar-refractivity contribution is 5.76. The average molecular weight is 199 g/mol. The lowest BCUT2D eigenvalue weighted by Gasteiger charge is -2.32. The number of aliphatic hydroxyl groups excluding tert-OH is 1. The Hall–Kier alpha value is -0.610. The Balaban J connectivity index is 2.21. The molecule has 1 aliphatic heterocycles. The fourth-order valence-electron chi connectivity index (χ4n) is 2.05. The average Bonchev–Trinajstić information content (AvgIpc) is 2.16. The van der Waals surface area contributed by atoms with Crippen LogP contribution in [-0.2, 0) is 0 Å². The van der Waals surface area contributed by atoms with Crippen LogP contribution in [0.25, 0.3) is 0 Å². The summed E-state index contributed by atoms with van der Waals surface area (Å²) in [6.45, 7) is 3.38. The molecule has 4 nitrogen and oxygen atoms in total. The van der Waals surface area contributed by atoms with E-state index in [1.807, 2.05) is 0 Å². The topological polar surface area (TPSA) is 73.3 Å². The summed E-state index contributed by atoms with van der Waals surface area (Å²) in [5.74, 6) is 0.912. The van der Waals surface area contributed by atoms with Gasteiger partial charge in [0, 0.05) is 26.1 Å². The molecule has 1 atom stereocenters. The van der Waals surface area contributed by atoms with Crippen molar-refractivity contribution in [1.82, 2.24) is 4.90 Å². The molecule has 14 heavy (non-hydrogen) atoms. The molecule has 82 valence electrons. The minimum Gasteiger partial charge on any atom is -0.396 e. The molecule has 0 spiro atoms. The lowest BCUT2D eigenvalue weighted by Crippen LogP contribution is -2.37. The fourth-order valence-corrected chi connectivity index (χ4v) is 2.05. The van der Waals surface area contributed by atoms with Gasteiger partial charge in [-0.2, -0.15) is 0 Å². The first-order chi connectivity index (χ1) is 6.72. The molecule has 4 heteroatoms. The van der Waals surface area contributed by atoms with Crippen LogP contribution >= 0.6 is 0 Å². The second kappa shape index (κ2) is 5.98. The molecule has 0 aliphatic carbocycles. The molecule has 1 fully saturated rings. The molecule has 1 rings (SSSR count). The molecule has 0 aromatic carbocycles. The lowest BCUT2D eigenvalue weighted by atomic mass is 9.95. The minimum absolute atomic E-state index is 0.272. The van der Waals surface area contributed by atoms with Crippen LogP contribution in [-0.4, -0.2) is 42.1 Å². The van der Waals surface area contributed by atoms with Gasteiger partial charge in [-0.15, -0.1) is 0 Å². The summed E-state index contributed by atoms with van der Waals surface area (Å²) in [7, 11) is 0. The van der Waals surface area contributed by atoms with Crippen LogP contribution in [0.2, 0.25) is 0 Å². The van der Waals surface area contributed by atoms with E-state index in [2.05, 4.69) is 4.90 Å². The van der Waals surface area contributed by atoms with Gasteiger partial charge in [-0.05, 0) is 31.7 Å². The molecule has 4 N–H and O–H groups in total. The molecule has 0 amide bonds. The standard InChI is InChI=1S/C10H21N3O/c11-10(12)3-6-13-5-1-2-9(8-13)4-7-14/h9,14H,1-8H2,(H3,11,12). The highest BCUT2D eigenvalue weighted by atomic mass is 16.3. The Morgan fingerprint density at radius 3 is 3.00 bits per heavy atom. The summed E-state index contributed by atoms with van der Waals surface area (Å²) in [6.07, 6.45) is 4.03. The van der Waals surface area contributed by atoms with E-state index < -0.39 is 0 Å². The Labute approximate surface area is 85.6 Å². The SMILES string of the molecule is N=C(N)CCN1CCCC(CCO)C1. The first-order valence-corrected chi connectivity index (χ1v) is 5.38. The second-order valence-electron chi connectivity index (χ2n) is 4.10. The maximum atomic E-state index is 8.85. The number of likely N-dealkylation sites (tertiary alicyclic amines) is 1. The molecular weight excluding hydrogens is 178 g/mol. The largest absolute Gasteiger partial charge is 0.396 e. The number of amidine groups is 1. The van der Waals surface area contributed by atoms with E-state index in [4.69, 9.17) is 16.2 Å². The highest BCUT2D eigenvalue weighted by Gasteiger charge is 2.18. The van der Waals surface area contributed by atoms with E-state index in [1.54, 1.807) is 0 Å². The van der Waals surface area contributed by atoms with Crippen LogP contribution in [0.15, 0.2) is 0 Å². The van der Waals surface area contributed by atoms with Crippen molar-refractivity contribution in [3.8, 4) is 0 Å². The van der Waals surface area contributed by atoms with Gasteiger partial charge in [-0.25, -0.2) is 0 Å². The van der Waals surface area contributed by atoms with Crippen molar-refractivity contribution in [2.24, 2.45) is 11.7 Å². The number of nitrogens with one attached hydrogen (secondary N) is 1. The van der Waals surface area contributed by atoms with E-state index in [0.717, 1.165) is 26.1 Å². The number of nitrogens with zero attached hydrogens (tertiary/aromatic N) is 1. The normalized spacial score (nSPS) is 23.6. The second-order valence-corrected chi connectivity index (χ2v) is 4.10. The third kappa shape index (κ3) is 4.07. The fraction of sp³-hybridized carbons (Fsp3) is 0.900. The third-order valence-corrected chi connectivity index (χ3v) is 2.84. The minimum atomic E-state index is 0.272. The maximum absolute atomic E-state index is 8.85. The molecule has 0 aromatic heterocycles. The number of hydrogen-bond acceptors (Lipinski definition) is 3. The van der Waals surface area contributed by atoms with Gasteiger partial charge in [0.15, 0.2) is 0 Å². The van der Waals surface area contributed by atoms with Gasteiger partial charge in [-0.1, -0.05) is 0 Å². The van der Waals surface area contributed by atoms with Gasteiger partial charge in [0.1, 0.15) is 0 Å². The van der Waals surface area contributed by atoms with Gasteiger partial charge >= 0.3 is 0 Å². The molecule has 1 unspecified atom stereocenters. The predicted molar refractivity (Wildman–Crippen MR) is 57.4 cm³/mol. The van der Waals surface area contributed by atoms with Gasteiger partial charge in [0.2, 0.25) is 0 Å². The van der Waals surface area contributed by atoms with Crippen molar-refractivity contribution in [1.29, 1.82) is 5.41 Å². The van der Waals surface area contributed by atoms with Crippen molar-refractivity contribution in [2.75, 3.05) is 26.2 Å². The lowest BCUT2D eigenvalue weighted by molar-refractivity contribution is 0.151. The van der Waals surface area contributed by atoms with Gasteiger partial charge in [0.05, 0.1) is 5.84 Å². The van der Waals surface area contributed by atoms with Gasteiger partial charge in [0.25, 0.3) is 0 Å². The Bertz CT molecular complexity index is 182. The van der Waals surface area contributed by atoms with Crippen LogP contribution in [0, 0.1) is 11.3 Å². The molecule has 0 bridgehead atoms. The summed E-state index contributed by atoms with van der Waals surface area (Å²) in [5.41, 5.74) is 5.32. The van der Waals surface area contributed by atoms with Crippen LogP contribution in [0.5, 0.6) is 0 Å². The number of rotatable bonds is 5. The van der Waals surface area contributed by atoms with Crippen molar-refractivity contribution in [3.63, 3.8) is 0 Å². The first kappa shape index (κ1) is 11.5. The molecule has 1 heterocycles. The van der Waals surface area contributed by atoms with Crippen LogP contribution in [0.1, 0.15) is 25.7 Å².